The summed E-state index contributed by atoms with van der Waals surface area (Å²) in [4.78, 5) is 27.5. The summed E-state index contributed by atoms with van der Waals surface area (Å²) in [5.41, 5.74) is 3.60. The molecule has 0 aliphatic heterocycles. The highest BCUT2D eigenvalue weighted by molar-refractivity contribution is 7.22. The zero-order chi connectivity index (χ0) is 17.8. The van der Waals surface area contributed by atoms with Gasteiger partial charge in [-0.2, -0.15) is 0 Å². The van der Waals surface area contributed by atoms with Crippen molar-refractivity contribution in [3.63, 3.8) is 0 Å². The molecule has 128 valence electrons. The monoisotopic (exact) mass is 354 g/mol. The first kappa shape index (κ1) is 16.9. The Morgan fingerprint density at radius 1 is 1.08 bits per heavy atom. The predicted molar refractivity (Wildman–Crippen MR) is 101 cm³/mol. The summed E-state index contributed by atoms with van der Waals surface area (Å²) in [7, 11) is 0. The Labute approximate surface area is 149 Å². The maximum Gasteiger partial charge on any atom is 0.319 e. The standard InChI is InChI=1S/C18H18N4O2S/c1-11-3-5-13(6-4-11)10-19-17(24)21-14-7-8-16-15(9-14)22-18(25-16)20-12(2)23/h3-9H,10H2,1-2H3,(H2,19,21,24)(H,20,22,23). The lowest BCUT2D eigenvalue weighted by Gasteiger charge is -2.08. The van der Waals surface area contributed by atoms with Gasteiger partial charge in [-0.25, -0.2) is 9.78 Å². The highest BCUT2D eigenvalue weighted by Crippen LogP contribution is 2.28. The van der Waals surface area contributed by atoms with Gasteiger partial charge in [-0.05, 0) is 30.7 Å². The molecule has 1 aromatic heterocycles. The van der Waals surface area contributed by atoms with E-state index in [1.54, 1.807) is 6.07 Å². The Hall–Kier alpha value is -2.93. The van der Waals surface area contributed by atoms with E-state index >= 15 is 0 Å². The summed E-state index contributed by atoms with van der Waals surface area (Å²) in [5.74, 6) is -0.159. The molecule has 3 rings (SSSR count). The van der Waals surface area contributed by atoms with Crippen molar-refractivity contribution >= 4 is 44.3 Å². The minimum atomic E-state index is -0.280. The summed E-state index contributed by atoms with van der Waals surface area (Å²) in [5, 5.41) is 8.82. The molecular formula is C18H18N4O2S. The third-order valence-electron chi connectivity index (χ3n) is 3.50. The van der Waals surface area contributed by atoms with Crippen LogP contribution in [0.2, 0.25) is 0 Å². The third-order valence-corrected chi connectivity index (χ3v) is 4.45. The van der Waals surface area contributed by atoms with Crippen LogP contribution in [0.1, 0.15) is 18.1 Å². The molecule has 0 saturated heterocycles. The van der Waals surface area contributed by atoms with Gasteiger partial charge in [-0.1, -0.05) is 41.2 Å². The Balaban J connectivity index is 1.62. The van der Waals surface area contributed by atoms with E-state index in [-0.39, 0.29) is 11.9 Å². The average Bonchev–Trinajstić information content (AvgIpc) is 2.95. The third kappa shape index (κ3) is 4.54. The number of carbonyl (C=O) groups excluding carboxylic acids is 2. The molecule has 0 unspecified atom stereocenters. The minimum Gasteiger partial charge on any atom is -0.334 e. The number of rotatable bonds is 4. The van der Waals surface area contributed by atoms with Crippen molar-refractivity contribution in [1.82, 2.24) is 10.3 Å². The molecule has 0 radical (unpaired) electrons. The van der Waals surface area contributed by atoms with Gasteiger partial charge in [0.2, 0.25) is 5.91 Å². The number of anilines is 2. The van der Waals surface area contributed by atoms with Crippen LogP contribution in [0, 0.1) is 6.92 Å². The molecule has 0 fully saturated rings. The van der Waals surface area contributed by atoms with Crippen molar-refractivity contribution in [2.45, 2.75) is 20.4 Å². The molecule has 0 aliphatic rings. The Bertz CT molecular complexity index is 918. The van der Waals surface area contributed by atoms with Crippen LogP contribution in [0.3, 0.4) is 0 Å². The Morgan fingerprint density at radius 3 is 2.56 bits per heavy atom. The number of aromatic nitrogens is 1. The maximum atomic E-state index is 12.0. The number of thiazole rings is 1. The van der Waals surface area contributed by atoms with Gasteiger partial charge in [0.25, 0.3) is 0 Å². The van der Waals surface area contributed by atoms with Gasteiger partial charge in [-0.3, -0.25) is 4.79 Å². The van der Waals surface area contributed by atoms with Crippen LogP contribution >= 0.6 is 11.3 Å². The number of hydrogen-bond donors (Lipinski definition) is 3. The van der Waals surface area contributed by atoms with Gasteiger partial charge in [-0.15, -0.1) is 0 Å². The molecule has 3 aromatic rings. The number of carbonyl (C=O) groups is 2. The van der Waals surface area contributed by atoms with Crippen molar-refractivity contribution in [1.29, 1.82) is 0 Å². The predicted octanol–water partition coefficient (Wildman–Crippen LogP) is 3.88. The lowest BCUT2D eigenvalue weighted by Crippen LogP contribution is -2.28. The van der Waals surface area contributed by atoms with Gasteiger partial charge >= 0.3 is 6.03 Å². The second-order valence-electron chi connectivity index (χ2n) is 5.68. The number of fused-ring (bicyclic) bond motifs is 1. The minimum absolute atomic E-state index is 0.159. The molecule has 0 saturated carbocycles. The highest BCUT2D eigenvalue weighted by Gasteiger charge is 2.07. The summed E-state index contributed by atoms with van der Waals surface area (Å²) >= 11 is 1.39. The van der Waals surface area contributed by atoms with E-state index in [1.165, 1.54) is 23.8 Å². The molecule has 7 heteroatoms. The van der Waals surface area contributed by atoms with Crippen LogP contribution in [-0.2, 0) is 11.3 Å². The molecular weight excluding hydrogens is 336 g/mol. The van der Waals surface area contributed by atoms with E-state index in [9.17, 15) is 9.59 Å². The van der Waals surface area contributed by atoms with E-state index < -0.39 is 0 Å². The zero-order valence-electron chi connectivity index (χ0n) is 13.9. The van der Waals surface area contributed by atoms with E-state index in [0.29, 0.717) is 17.4 Å². The van der Waals surface area contributed by atoms with Crippen LogP contribution < -0.4 is 16.0 Å². The molecule has 3 amide bonds. The highest BCUT2D eigenvalue weighted by atomic mass is 32.1. The summed E-state index contributed by atoms with van der Waals surface area (Å²) in [6, 6.07) is 13.2. The fourth-order valence-electron chi connectivity index (χ4n) is 2.27. The fourth-order valence-corrected chi connectivity index (χ4v) is 3.17. The smallest absolute Gasteiger partial charge is 0.319 e. The van der Waals surface area contributed by atoms with Gasteiger partial charge in [0, 0.05) is 19.2 Å². The summed E-state index contributed by atoms with van der Waals surface area (Å²) in [6.07, 6.45) is 0. The number of benzene rings is 2. The lowest BCUT2D eigenvalue weighted by atomic mass is 10.1. The molecule has 6 nitrogen and oxygen atoms in total. The van der Waals surface area contributed by atoms with Gasteiger partial charge in [0.15, 0.2) is 5.13 Å². The van der Waals surface area contributed by atoms with E-state index in [1.807, 2.05) is 43.3 Å². The first-order chi connectivity index (χ1) is 12.0. The van der Waals surface area contributed by atoms with Crippen LogP contribution in [0.15, 0.2) is 42.5 Å². The number of nitrogens with zero attached hydrogens (tertiary/aromatic N) is 1. The molecule has 3 N–H and O–H groups in total. The number of amides is 3. The quantitative estimate of drug-likeness (QED) is 0.665. The topological polar surface area (TPSA) is 83.1 Å². The number of aryl methyl sites for hydroxylation is 1. The van der Waals surface area contributed by atoms with Crippen LogP contribution in [0.4, 0.5) is 15.6 Å². The lowest BCUT2D eigenvalue weighted by molar-refractivity contribution is -0.114. The molecule has 25 heavy (non-hydrogen) atoms. The second-order valence-corrected chi connectivity index (χ2v) is 6.71. The molecule has 0 aliphatic carbocycles. The van der Waals surface area contributed by atoms with Gasteiger partial charge in [0.1, 0.15) is 0 Å². The summed E-state index contributed by atoms with van der Waals surface area (Å²) < 4.78 is 0.939. The number of nitrogens with one attached hydrogen (secondary N) is 3. The first-order valence-corrected chi connectivity index (χ1v) is 8.60. The van der Waals surface area contributed by atoms with Crippen molar-refractivity contribution in [3.05, 3.63) is 53.6 Å². The normalized spacial score (nSPS) is 10.5. The molecule has 0 bridgehead atoms. The molecule has 0 spiro atoms. The fraction of sp³-hybridized carbons (Fsp3) is 0.167. The first-order valence-electron chi connectivity index (χ1n) is 7.78. The van der Waals surface area contributed by atoms with Gasteiger partial charge in [0.05, 0.1) is 10.2 Å². The zero-order valence-corrected chi connectivity index (χ0v) is 14.7. The Morgan fingerprint density at radius 2 is 1.84 bits per heavy atom. The Kier molecular flexibility index (Phi) is 4.95. The van der Waals surface area contributed by atoms with E-state index in [0.717, 1.165) is 15.8 Å². The second kappa shape index (κ2) is 7.31. The number of hydrogen-bond acceptors (Lipinski definition) is 4. The number of urea groups is 1. The largest absolute Gasteiger partial charge is 0.334 e. The molecule has 2 aromatic carbocycles. The average molecular weight is 354 g/mol. The summed E-state index contributed by atoms with van der Waals surface area (Å²) in [6.45, 7) is 3.92. The van der Waals surface area contributed by atoms with E-state index in [4.69, 9.17) is 0 Å². The van der Waals surface area contributed by atoms with E-state index in [2.05, 4.69) is 20.9 Å². The van der Waals surface area contributed by atoms with Crippen LogP contribution in [-0.4, -0.2) is 16.9 Å². The van der Waals surface area contributed by atoms with Gasteiger partial charge < -0.3 is 16.0 Å². The van der Waals surface area contributed by atoms with Crippen molar-refractivity contribution in [2.24, 2.45) is 0 Å². The van der Waals surface area contributed by atoms with Crippen molar-refractivity contribution < 1.29 is 9.59 Å². The molecule has 1 heterocycles. The van der Waals surface area contributed by atoms with Crippen LogP contribution in [0.25, 0.3) is 10.2 Å². The SMILES string of the molecule is CC(=O)Nc1nc2cc(NC(=O)NCc3ccc(C)cc3)ccc2s1. The van der Waals surface area contributed by atoms with Crippen LogP contribution in [0.5, 0.6) is 0 Å². The van der Waals surface area contributed by atoms with Crippen molar-refractivity contribution in [3.8, 4) is 0 Å². The molecule has 0 atom stereocenters. The maximum absolute atomic E-state index is 12.0. The van der Waals surface area contributed by atoms with Crippen molar-refractivity contribution in [2.75, 3.05) is 10.6 Å².